The molecule has 13 heteroatoms. The molecule has 3 fully saturated rings. The summed E-state index contributed by atoms with van der Waals surface area (Å²) in [4.78, 5) is 45.7. The van der Waals surface area contributed by atoms with Crippen molar-refractivity contribution in [2.24, 2.45) is 0 Å². The molecule has 3 aliphatic heterocycles. The van der Waals surface area contributed by atoms with Crippen LogP contribution in [0.3, 0.4) is 0 Å². The second-order valence-corrected chi connectivity index (χ2v) is 9.67. The Balaban J connectivity index is 1.61. The Morgan fingerprint density at radius 1 is 1.08 bits per heavy atom. The maximum atomic E-state index is 14.0. The van der Waals surface area contributed by atoms with Gasteiger partial charge in [0.2, 0.25) is 17.7 Å². The molecule has 200 valence electrons. The summed E-state index contributed by atoms with van der Waals surface area (Å²) in [6.45, 7) is 7.36. The summed E-state index contributed by atoms with van der Waals surface area (Å²) in [5.74, 6) is -0.712. The molecule has 1 aromatic heterocycles. The topological polar surface area (TPSA) is 131 Å². The maximum Gasteiger partial charge on any atom is 0.249 e. The number of ether oxygens (including phenoxy) is 3. The number of hydrogen-bond acceptors (Lipinski definition) is 9. The molecule has 3 saturated heterocycles. The van der Waals surface area contributed by atoms with E-state index in [1.807, 2.05) is 0 Å². The fourth-order valence-electron chi connectivity index (χ4n) is 5.00. The number of rotatable bonds is 4. The molecule has 0 radical (unpaired) electrons. The van der Waals surface area contributed by atoms with E-state index >= 15 is 0 Å². The minimum absolute atomic E-state index is 0.112. The van der Waals surface area contributed by atoms with Crippen LogP contribution in [0.5, 0.6) is 0 Å². The zero-order valence-electron chi connectivity index (χ0n) is 21.3. The van der Waals surface area contributed by atoms with Crippen LogP contribution in [0.2, 0.25) is 0 Å². The van der Waals surface area contributed by atoms with Crippen LogP contribution in [0.15, 0.2) is 6.20 Å². The summed E-state index contributed by atoms with van der Waals surface area (Å²) in [5, 5.41) is 11.2. The van der Waals surface area contributed by atoms with Crippen molar-refractivity contribution in [3.8, 4) is 0 Å². The van der Waals surface area contributed by atoms with Crippen molar-refractivity contribution in [2.75, 3.05) is 66.3 Å². The molecule has 36 heavy (non-hydrogen) atoms. The lowest BCUT2D eigenvalue weighted by atomic mass is 10.1. The first kappa shape index (κ1) is 26.5. The molecular weight excluding hydrogens is 470 g/mol. The number of carbonyl (C=O) groups is 3. The summed E-state index contributed by atoms with van der Waals surface area (Å²) in [7, 11) is 1.58. The molecule has 0 saturated carbocycles. The lowest BCUT2D eigenvalue weighted by Gasteiger charge is -2.43. The number of nitrogens with zero attached hydrogens (tertiary/aromatic N) is 6. The molecule has 1 N–H and O–H groups in total. The quantitative estimate of drug-likeness (QED) is 0.525. The summed E-state index contributed by atoms with van der Waals surface area (Å²) >= 11 is 0. The summed E-state index contributed by atoms with van der Waals surface area (Å²) in [6.07, 6.45) is 2.18. The second-order valence-electron chi connectivity index (χ2n) is 9.67. The first-order valence-corrected chi connectivity index (χ1v) is 12.6. The van der Waals surface area contributed by atoms with Gasteiger partial charge in [-0.1, -0.05) is 5.21 Å². The van der Waals surface area contributed by atoms with Gasteiger partial charge in [-0.3, -0.25) is 19.3 Å². The highest BCUT2D eigenvalue weighted by molar-refractivity contribution is 5.93. The molecular formula is C23H37N7O6. The number of hydrogen-bond donors (Lipinski definition) is 1. The van der Waals surface area contributed by atoms with Gasteiger partial charge in [0.15, 0.2) is 0 Å². The van der Waals surface area contributed by atoms with Crippen molar-refractivity contribution in [2.45, 2.75) is 51.0 Å². The average molecular weight is 508 g/mol. The van der Waals surface area contributed by atoms with Gasteiger partial charge in [0, 0.05) is 52.3 Å². The van der Waals surface area contributed by atoms with Crippen LogP contribution in [0.4, 0.5) is 0 Å². The number of amides is 3. The number of nitrogens with one attached hydrogen (secondary N) is 1. The van der Waals surface area contributed by atoms with Crippen LogP contribution in [0.1, 0.15) is 32.0 Å². The monoisotopic (exact) mass is 507 g/mol. The Bertz CT molecular complexity index is 925. The van der Waals surface area contributed by atoms with Gasteiger partial charge in [0.05, 0.1) is 38.7 Å². The van der Waals surface area contributed by atoms with Crippen molar-refractivity contribution >= 4 is 17.7 Å². The lowest BCUT2D eigenvalue weighted by molar-refractivity contribution is -0.154. The van der Waals surface area contributed by atoms with Crippen LogP contribution in [-0.2, 0) is 35.2 Å². The molecule has 3 aliphatic rings. The molecule has 3 atom stereocenters. The van der Waals surface area contributed by atoms with E-state index in [9.17, 15) is 14.4 Å². The van der Waals surface area contributed by atoms with Crippen molar-refractivity contribution in [3.05, 3.63) is 11.9 Å². The molecule has 0 spiro atoms. The Hall–Kier alpha value is -2.61. The molecule has 4 heterocycles. The predicted molar refractivity (Wildman–Crippen MR) is 127 cm³/mol. The fraction of sp³-hybridized carbons (Fsp3) is 0.783. The third kappa shape index (κ3) is 6.02. The van der Waals surface area contributed by atoms with E-state index in [4.69, 9.17) is 14.2 Å². The molecule has 1 aromatic rings. The number of piperazine rings is 1. The molecule has 4 rings (SSSR count). The summed E-state index contributed by atoms with van der Waals surface area (Å²) in [6, 6.07) is -1.40. The van der Waals surface area contributed by atoms with Gasteiger partial charge in [-0.15, -0.1) is 5.10 Å². The first-order valence-electron chi connectivity index (χ1n) is 12.6. The van der Waals surface area contributed by atoms with Crippen LogP contribution in [0, 0.1) is 0 Å². The van der Waals surface area contributed by atoms with Crippen molar-refractivity contribution in [3.63, 3.8) is 0 Å². The van der Waals surface area contributed by atoms with E-state index < -0.39 is 12.1 Å². The number of methoxy groups -OCH3 is 1. The summed E-state index contributed by atoms with van der Waals surface area (Å²) < 4.78 is 17.8. The van der Waals surface area contributed by atoms with Crippen molar-refractivity contribution in [1.82, 2.24) is 35.0 Å². The highest BCUT2D eigenvalue weighted by Crippen LogP contribution is 2.29. The normalized spacial score (nSPS) is 27.4. The van der Waals surface area contributed by atoms with E-state index in [-0.39, 0.29) is 43.0 Å². The molecule has 0 aliphatic carbocycles. The zero-order valence-corrected chi connectivity index (χ0v) is 21.3. The van der Waals surface area contributed by atoms with E-state index in [1.165, 1.54) is 0 Å². The first-order chi connectivity index (χ1) is 17.4. The van der Waals surface area contributed by atoms with Crippen molar-refractivity contribution < 1.29 is 28.6 Å². The van der Waals surface area contributed by atoms with Crippen LogP contribution < -0.4 is 5.32 Å². The maximum absolute atomic E-state index is 14.0. The van der Waals surface area contributed by atoms with E-state index in [1.54, 1.807) is 27.8 Å². The Kier molecular flexibility index (Phi) is 8.88. The Morgan fingerprint density at radius 2 is 1.89 bits per heavy atom. The van der Waals surface area contributed by atoms with Gasteiger partial charge in [-0.2, -0.15) is 0 Å². The molecule has 0 unspecified atom stereocenters. The number of carbonyl (C=O) groups excluding carboxylic acids is 3. The van der Waals surface area contributed by atoms with Crippen LogP contribution in [0.25, 0.3) is 0 Å². The Labute approximate surface area is 211 Å². The highest BCUT2D eigenvalue weighted by Gasteiger charge is 2.46. The van der Waals surface area contributed by atoms with Gasteiger partial charge in [0.1, 0.15) is 24.4 Å². The minimum Gasteiger partial charge on any atom is -0.378 e. The largest absolute Gasteiger partial charge is 0.378 e. The van der Waals surface area contributed by atoms with Crippen molar-refractivity contribution in [1.29, 1.82) is 0 Å². The number of fused-ring (bicyclic) bond motifs is 2. The minimum atomic E-state index is -0.701. The van der Waals surface area contributed by atoms with E-state index in [0.29, 0.717) is 64.7 Å². The zero-order chi connectivity index (χ0) is 25.7. The smallest absolute Gasteiger partial charge is 0.249 e. The van der Waals surface area contributed by atoms with Gasteiger partial charge in [-0.05, 0) is 13.8 Å². The third-order valence-corrected chi connectivity index (χ3v) is 6.98. The fourth-order valence-corrected chi connectivity index (χ4v) is 5.00. The van der Waals surface area contributed by atoms with Gasteiger partial charge in [-0.25, -0.2) is 4.68 Å². The second kappa shape index (κ2) is 12.1. The predicted octanol–water partition coefficient (Wildman–Crippen LogP) is -1.35. The Morgan fingerprint density at radius 3 is 2.67 bits per heavy atom. The SMILES string of the molecule is COCc1cn([C@H]2C[C@H]3C(=O)NCCOCCOCC(=O)N4CCN(C(C)C)C[C@H]4C(=O)N3C2)nn1. The van der Waals surface area contributed by atoms with E-state index in [0.717, 1.165) is 0 Å². The average Bonchev–Trinajstić information content (AvgIpc) is 3.52. The standard InChI is InChI=1S/C23H37N7O6/c1-16(2)27-5-6-28-20(13-27)23(33)29-12-18(30-11-17(14-34-3)25-26-30)10-19(29)22(32)24-4-7-35-8-9-36-15-21(28)31/h11,16,18-20H,4-10,12-15H2,1-3H3,(H,24,32)/t18-,19-,20-/m0/s1. The molecule has 13 nitrogen and oxygen atoms in total. The lowest BCUT2D eigenvalue weighted by Crippen LogP contribution is -2.63. The molecule has 3 amide bonds. The third-order valence-electron chi connectivity index (χ3n) is 6.98. The van der Waals surface area contributed by atoms with Gasteiger partial charge < -0.3 is 29.3 Å². The van der Waals surface area contributed by atoms with Gasteiger partial charge >= 0.3 is 0 Å². The summed E-state index contributed by atoms with van der Waals surface area (Å²) in [5.41, 5.74) is 0.673. The van der Waals surface area contributed by atoms with Gasteiger partial charge in [0.25, 0.3) is 0 Å². The number of aromatic nitrogens is 3. The van der Waals surface area contributed by atoms with Crippen LogP contribution in [-0.4, -0.2) is 132 Å². The molecule has 0 bridgehead atoms. The highest BCUT2D eigenvalue weighted by atomic mass is 16.5. The van der Waals surface area contributed by atoms with E-state index in [2.05, 4.69) is 34.4 Å². The molecule has 0 aromatic carbocycles. The van der Waals surface area contributed by atoms with Crippen LogP contribution >= 0.6 is 0 Å².